The van der Waals surface area contributed by atoms with Crippen LogP contribution in [0.3, 0.4) is 0 Å². The monoisotopic (exact) mass is 544 g/mol. The molecule has 4 aromatic rings. The first-order chi connectivity index (χ1) is 18.8. The summed E-state index contributed by atoms with van der Waals surface area (Å²) in [6.45, 7) is 3.05. The fourth-order valence-corrected chi connectivity index (χ4v) is 6.61. The second-order valence-corrected chi connectivity index (χ2v) is 11.9. The summed E-state index contributed by atoms with van der Waals surface area (Å²) in [4.78, 5) is 7.56. The number of hydrogen-bond donors (Lipinski definition) is 3. The molecule has 3 aromatic carbocycles. The minimum atomic E-state index is -3.75. The minimum absolute atomic E-state index is 0.0595. The van der Waals surface area contributed by atoms with Gasteiger partial charge in [0.05, 0.1) is 21.6 Å². The number of nitrogen functional groups attached to an aromatic ring is 1. The topological polar surface area (TPSA) is 117 Å². The van der Waals surface area contributed by atoms with Gasteiger partial charge in [0, 0.05) is 25.6 Å². The molecule has 0 saturated carbocycles. The van der Waals surface area contributed by atoms with Gasteiger partial charge in [-0.15, -0.1) is 0 Å². The van der Waals surface area contributed by atoms with E-state index in [4.69, 9.17) is 16.1 Å². The van der Waals surface area contributed by atoms with Crippen LogP contribution in [-0.4, -0.2) is 48.3 Å². The molecule has 4 N–H and O–H groups in total. The average molecular weight is 545 g/mol. The van der Waals surface area contributed by atoms with Gasteiger partial charge < -0.3 is 15.2 Å². The van der Waals surface area contributed by atoms with E-state index in [2.05, 4.69) is 9.62 Å². The number of amidine groups is 1. The first-order valence-electron chi connectivity index (χ1n) is 13.5. The predicted molar refractivity (Wildman–Crippen MR) is 157 cm³/mol. The van der Waals surface area contributed by atoms with Crippen LogP contribution >= 0.6 is 0 Å². The lowest BCUT2D eigenvalue weighted by Gasteiger charge is -2.26. The molecule has 0 aliphatic carbocycles. The Morgan fingerprint density at radius 2 is 1.72 bits per heavy atom. The van der Waals surface area contributed by atoms with Crippen LogP contribution in [0.15, 0.2) is 71.6 Å². The number of aryl methyl sites for hydroxylation is 3. The molecule has 5 rings (SSSR count). The Morgan fingerprint density at radius 3 is 2.46 bits per heavy atom. The standard InChI is InChI=1S/C30H36N6O2S/c1-35-27-15-14-25(21-26(27)33-29(35)16-11-22-9-12-24(13-10-22)30(31)32)34-39(37,38)28-8-4-3-7-23(28)17-20-36-18-5-2-6-19-36/h3-4,7-10,12-15,21,34H,2,5-6,11,16-20H2,1H3,(H3,31,32). The molecule has 1 aliphatic heterocycles. The summed E-state index contributed by atoms with van der Waals surface area (Å²) in [6.07, 6.45) is 5.95. The lowest BCUT2D eigenvalue weighted by Crippen LogP contribution is -2.31. The molecule has 204 valence electrons. The van der Waals surface area contributed by atoms with Gasteiger partial charge >= 0.3 is 0 Å². The number of nitrogens with one attached hydrogen (secondary N) is 2. The normalized spacial score (nSPS) is 14.5. The average Bonchev–Trinajstić information content (AvgIpc) is 3.25. The SMILES string of the molecule is Cn1c(CCc2ccc(C(=N)N)cc2)nc2cc(NS(=O)(=O)c3ccccc3CCN3CCCCC3)ccc21. The Labute approximate surface area is 230 Å². The molecule has 0 atom stereocenters. The molecule has 0 unspecified atom stereocenters. The third-order valence-electron chi connectivity index (χ3n) is 7.54. The summed E-state index contributed by atoms with van der Waals surface area (Å²) in [5.74, 6) is 0.980. The molecule has 0 bridgehead atoms. The molecular formula is C30H36N6O2S. The number of nitrogens with zero attached hydrogens (tertiary/aromatic N) is 3. The zero-order chi connectivity index (χ0) is 27.4. The molecule has 1 fully saturated rings. The highest BCUT2D eigenvalue weighted by molar-refractivity contribution is 7.92. The van der Waals surface area contributed by atoms with Crippen molar-refractivity contribution in [1.29, 1.82) is 5.41 Å². The van der Waals surface area contributed by atoms with Crippen LogP contribution in [0.2, 0.25) is 0 Å². The molecular weight excluding hydrogens is 508 g/mol. The second kappa shape index (κ2) is 11.6. The van der Waals surface area contributed by atoms with Crippen molar-refractivity contribution in [2.45, 2.75) is 43.4 Å². The van der Waals surface area contributed by atoms with Crippen LogP contribution in [0.5, 0.6) is 0 Å². The predicted octanol–water partition coefficient (Wildman–Crippen LogP) is 4.47. The molecule has 0 amide bonds. The summed E-state index contributed by atoms with van der Waals surface area (Å²) in [5, 5.41) is 7.54. The van der Waals surface area contributed by atoms with Gasteiger partial charge in [0.25, 0.3) is 10.0 Å². The van der Waals surface area contributed by atoms with E-state index in [0.717, 1.165) is 60.5 Å². The van der Waals surface area contributed by atoms with Crippen molar-refractivity contribution in [3.63, 3.8) is 0 Å². The fourth-order valence-electron chi connectivity index (χ4n) is 5.29. The molecule has 1 aromatic heterocycles. The van der Waals surface area contributed by atoms with E-state index >= 15 is 0 Å². The van der Waals surface area contributed by atoms with Gasteiger partial charge in [-0.1, -0.05) is 48.9 Å². The van der Waals surface area contributed by atoms with Crippen molar-refractivity contribution in [1.82, 2.24) is 14.5 Å². The maximum absolute atomic E-state index is 13.4. The zero-order valence-corrected chi connectivity index (χ0v) is 23.2. The van der Waals surface area contributed by atoms with Crippen LogP contribution in [0.25, 0.3) is 11.0 Å². The summed E-state index contributed by atoms with van der Waals surface area (Å²) in [5.41, 5.74) is 10.4. The van der Waals surface area contributed by atoms with E-state index in [9.17, 15) is 8.42 Å². The van der Waals surface area contributed by atoms with Crippen molar-refractivity contribution in [3.05, 3.63) is 89.2 Å². The van der Waals surface area contributed by atoms with Gasteiger partial charge in [-0.3, -0.25) is 10.1 Å². The third-order valence-corrected chi connectivity index (χ3v) is 9.02. The number of anilines is 1. The van der Waals surface area contributed by atoms with Crippen LogP contribution in [-0.2, 0) is 36.3 Å². The highest BCUT2D eigenvalue weighted by Crippen LogP contribution is 2.25. The Morgan fingerprint density at radius 1 is 0.974 bits per heavy atom. The van der Waals surface area contributed by atoms with E-state index in [0.29, 0.717) is 22.6 Å². The molecule has 9 heteroatoms. The molecule has 1 aliphatic rings. The van der Waals surface area contributed by atoms with Crippen LogP contribution < -0.4 is 10.5 Å². The van der Waals surface area contributed by atoms with Gasteiger partial charge in [0.2, 0.25) is 0 Å². The summed E-state index contributed by atoms with van der Waals surface area (Å²) < 4.78 is 31.7. The van der Waals surface area contributed by atoms with Gasteiger partial charge in [0.1, 0.15) is 11.7 Å². The lowest BCUT2D eigenvalue weighted by atomic mass is 10.1. The Hall–Kier alpha value is -3.69. The van der Waals surface area contributed by atoms with Gasteiger partial charge in [-0.2, -0.15) is 0 Å². The molecule has 0 spiro atoms. The van der Waals surface area contributed by atoms with Crippen LogP contribution in [0, 0.1) is 5.41 Å². The summed E-state index contributed by atoms with van der Waals surface area (Å²) >= 11 is 0. The van der Waals surface area contributed by atoms with Crippen molar-refractivity contribution in [2.75, 3.05) is 24.4 Å². The fraction of sp³-hybridized carbons (Fsp3) is 0.333. The first-order valence-corrected chi connectivity index (χ1v) is 15.0. The number of hydrogen-bond acceptors (Lipinski definition) is 5. The Bertz CT molecular complexity index is 1570. The molecule has 8 nitrogen and oxygen atoms in total. The van der Waals surface area contributed by atoms with Crippen LogP contribution in [0.1, 0.15) is 41.8 Å². The maximum atomic E-state index is 13.4. The molecule has 1 saturated heterocycles. The number of imidazole rings is 1. The highest BCUT2D eigenvalue weighted by atomic mass is 32.2. The largest absolute Gasteiger partial charge is 0.384 e. The van der Waals surface area contributed by atoms with E-state index in [1.54, 1.807) is 24.3 Å². The Balaban J connectivity index is 1.29. The Kier molecular flexibility index (Phi) is 7.99. The second-order valence-electron chi connectivity index (χ2n) is 10.3. The number of aromatic nitrogens is 2. The van der Waals surface area contributed by atoms with Crippen molar-refractivity contribution < 1.29 is 8.42 Å². The third kappa shape index (κ3) is 6.32. The lowest BCUT2D eigenvalue weighted by molar-refractivity contribution is 0.231. The number of piperidine rings is 1. The molecule has 2 heterocycles. The zero-order valence-electron chi connectivity index (χ0n) is 22.4. The van der Waals surface area contributed by atoms with Crippen molar-refractivity contribution >= 4 is 32.6 Å². The van der Waals surface area contributed by atoms with Gasteiger partial charge in [0.15, 0.2) is 0 Å². The van der Waals surface area contributed by atoms with E-state index in [1.807, 2.05) is 54.1 Å². The summed E-state index contributed by atoms with van der Waals surface area (Å²) in [6, 6.07) is 20.5. The van der Waals surface area contributed by atoms with Crippen molar-refractivity contribution in [2.24, 2.45) is 12.8 Å². The highest BCUT2D eigenvalue weighted by Gasteiger charge is 2.20. The number of fused-ring (bicyclic) bond motifs is 1. The smallest absolute Gasteiger partial charge is 0.262 e. The number of nitrogens with two attached hydrogens (primary N) is 1. The first kappa shape index (κ1) is 26.9. The van der Waals surface area contributed by atoms with Gasteiger partial charge in [-0.05, 0) is 74.2 Å². The molecule has 39 heavy (non-hydrogen) atoms. The minimum Gasteiger partial charge on any atom is -0.384 e. The maximum Gasteiger partial charge on any atom is 0.262 e. The van der Waals surface area contributed by atoms with E-state index in [-0.39, 0.29) is 5.84 Å². The summed E-state index contributed by atoms with van der Waals surface area (Å²) in [7, 11) is -1.77. The molecule has 0 radical (unpaired) electrons. The number of rotatable bonds is 10. The number of benzene rings is 3. The van der Waals surface area contributed by atoms with E-state index < -0.39 is 10.0 Å². The van der Waals surface area contributed by atoms with Gasteiger partial charge in [-0.25, -0.2) is 13.4 Å². The number of likely N-dealkylation sites (tertiary alicyclic amines) is 1. The van der Waals surface area contributed by atoms with Crippen LogP contribution in [0.4, 0.5) is 5.69 Å². The number of sulfonamides is 1. The quantitative estimate of drug-likeness (QED) is 0.201. The van der Waals surface area contributed by atoms with Crippen molar-refractivity contribution in [3.8, 4) is 0 Å². The van der Waals surface area contributed by atoms with E-state index in [1.165, 1.54) is 19.3 Å².